The second-order valence-electron chi connectivity index (χ2n) is 14.4. The molecule has 0 spiro atoms. The van der Waals surface area contributed by atoms with Crippen molar-refractivity contribution in [3.63, 3.8) is 0 Å². The molecule has 1 aliphatic rings. The number of benzene rings is 1. The topological polar surface area (TPSA) is 64.5 Å². The molecule has 1 fully saturated rings. The zero-order valence-corrected chi connectivity index (χ0v) is 42.9. The van der Waals surface area contributed by atoms with Crippen LogP contribution in [0.1, 0.15) is 5.56 Å². The first-order chi connectivity index (χ1) is 32.7. The van der Waals surface area contributed by atoms with Crippen LogP contribution in [0.5, 0.6) is 0 Å². The average molecular weight is 1220 g/mol. The van der Waals surface area contributed by atoms with Crippen molar-refractivity contribution in [2.45, 2.75) is 0 Å². The third kappa shape index (κ3) is 28.7. The number of nitrogens with zero attached hydrogens (tertiary/aromatic N) is 5. The summed E-state index contributed by atoms with van der Waals surface area (Å²) in [5.41, 5.74) is 10.7. The van der Waals surface area contributed by atoms with Crippen molar-refractivity contribution in [3.8, 4) is 56.4 Å². The van der Waals surface area contributed by atoms with Gasteiger partial charge in [0.25, 0.3) is 0 Å². The van der Waals surface area contributed by atoms with Gasteiger partial charge in [-0.15, -0.1) is 41.8 Å². The molecule has 0 atom stereocenters. The van der Waals surface area contributed by atoms with Crippen LogP contribution in [0.25, 0.3) is 56.4 Å². The quantitative estimate of drug-likeness (QED) is 0.0718. The second kappa shape index (κ2) is 26.3. The summed E-state index contributed by atoms with van der Waals surface area (Å²) in [7, 11) is -21.3. The van der Waals surface area contributed by atoms with Crippen molar-refractivity contribution in [1.29, 1.82) is 0 Å². The van der Waals surface area contributed by atoms with Gasteiger partial charge in [-0.05, 0) is 48.5 Å². The Kier molecular flexibility index (Phi) is 23.0. The Morgan fingerprint density at radius 1 is 0.438 bits per heavy atom. The SMILES string of the molecule is F[P-](F)(F)(F)(F)F.F[P-](F)(F)(F)(F)F.[CH]1[CH][CH-][C](c2cc(-c3ccccn3)nc(-c3ccccn3)c2)[CH]1.[Fe+2].[Fe+2].[Ru+3].[c-]1c(-c2ccccn2)cc(-[c-]2cccc2)cc1-c1ccccn1.c1cc[cH-]c1.c1cc[cH-]c1. The molecule has 73 heavy (non-hydrogen) atoms. The summed E-state index contributed by atoms with van der Waals surface area (Å²) < 4.78 is 118. The molecule has 5 radical (unpaired) electrons. The molecule has 4 aromatic carbocycles. The summed E-state index contributed by atoms with van der Waals surface area (Å²) in [5, 5.41) is 0. The zero-order valence-electron chi connectivity index (χ0n) is 37.2. The summed E-state index contributed by atoms with van der Waals surface area (Å²) in [4.78, 5) is 22.5. The Morgan fingerprint density at radius 2 is 0.795 bits per heavy atom. The Hall–Kier alpha value is -5.30. The van der Waals surface area contributed by atoms with Gasteiger partial charge in [-0.1, -0.05) is 71.5 Å². The molecule has 9 aromatic rings. The van der Waals surface area contributed by atoms with Gasteiger partial charge >= 0.3 is 120 Å². The third-order valence-corrected chi connectivity index (χ3v) is 8.53. The predicted octanol–water partition coefficient (Wildman–Crippen LogP) is 18.5. The molecule has 10 rings (SSSR count). The summed E-state index contributed by atoms with van der Waals surface area (Å²) in [6.45, 7) is 0. The largest absolute Gasteiger partial charge is 3.00 e. The fraction of sp³-hybridized carbons (Fsp3) is 0. The van der Waals surface area contributed by atoms with Gasteiger partial charge in [0.2, 0.25) is 0 Å². The van der Waals surface area contributed by atoms with Gasteiger partial charge in [0.1, 0.15) is 0 Å². The summed E-state index contributed by atoms with van der Waals surface area (Å²) in [6, 6.07) is 63.7. The van der Waals surface area contributed by atoms with Gasteiger partial charge in [0, 0.05) is 36.2 Å². The van der Waals surface area contributed by atoms with E-state index in [0.717, 1.165) is 56.4 Å². The Bertz CT molecular complexity index is 2680. The van der Waals surface area contributed by atoms with Crippen LogP contribution in [0.2, 0.25) is 0 Å². The Balaban J connectivity index is 0.000000338. The molecule has 1 aliphatic carbocycles. The molecule has 0 N–H and O–H groups in total. The van der Waals surface area contributed by atoms with Crippen LogP contribution in [0.4, 0.5) is 50.4 Å². The van der Waals surface area contributed by atoms with Crippen molar-refractivity contribution in [2.24, 2.45) is 0 Å². The van der Waals surface area contributed by atoms with Crippen molar-refractivity contribution in [1.82, 2.24) is 24.9 Å². The molecule has 5 nitrogen and oxygen atoms in total. The van der Waals surface area contributed by atoms with Gasteiger partial charge < -0.3 is 6.42 Å². The van der Waals surface area contributed by atoms with Crippen molar-refractivity contribution in [3.05, 3.63) is 250 Å². The van der Waals surface area contributed by atoms with Gasteiger partial charge in [0.15, 0.2) is 0 Å². The van der Waals surface area contributed by atoms with Gasteiger partial charge in [-0.3, -0.25) is 19.9 Å². The van der Waals surface area contributed by atoms with Crippen LogP contribution in [-0.4, -0.2) is 24.9 Å². The molecule has 0 aliphatic heterocycles. The maximum Gasteiger partial charge on any atom is 3.00 e. The minimum Gasteiger partial charge on any atom is -0.318 e. The first-order valence-corrected chi connectivity index (χ1v) is 24.4. The van der Waals surface area contributed by atoms with Crippen molar-refractivity contribution >= 4 is 15.6 Å². The van der Waals surface area contributed by atoms with Gasteiger partial charge in [-0.25, -0.2) is 29.2 Å². The van der Waals surface area contributed by atoms with Crippen LogP contribution < -0.4 is 0 Å². The number of rotatable bonds is 6. The molecule has 0 bridgehead atoms. The zero-order chi connectivity index (χ0) is 50.9. The first-order valence-electron chi connectivity index (χ1n) is 20.4. The first kappa shape index (κ1) is 63.8. The molecular weight excluding hydrogens is 1190 g/mol. The summed E-state index contributed by atoms with van der Waals surface area (Å²) >= 11 is 0. The second-order valence-corrected chi connectivity index (χ2v) is 18.2. The molecule has 1 saturated carbocycles. The smallest absolute Gasteiger partial charge is 0.318 e. The predicted molar refractivity (Wildman–Crippen MR) is 254 cm³/mol. The van der Waals surface area contributed by atoms with Gasteiger partial charge in [-0.2, -0.15) is 55.0 Å². The van der Waals surface area contributed by atoms with E-state index in [0.29, 0.717) is 0 Å². The number of hydrogen-bond donors (Lipinski definition) is 0. The van der Waals surface area contributed by atoms with Crippen LogP contribution >= 0.6 is 15.6 Å². The molecule has 0 amide bonds. The molecule has 385 valence electrons. The Labute approximate surface area is 448 Å². The van der Waals surface area contributed by atoms with E-state index in [1.165, 1.54) is 11.5 Å². The minimum atomic E-state index is -10.7. The molecule has 0 saturated heterocycles. The van der Waals surface area contributed by atoms with E-state index in [9.17, 15) is 50.4 Å². The maximum absolute atomic E-state index is 10.7. The fourth-order valence-corrected chi connectivity index (χ4v) is 5.82. The Morgan fingerprint density at radius 3 is 1.08 bits per heavy atom. The number of hydrogen-bond acceptors (Lipinski definition) is 5. The van der Waals surface area contributed by atoms with Gasteiger partial charge in [0.05, 0.1) is 22.8 Å². The third-order valence-electron chi connectivity index (χ3n) is 8.53. The molecule has 5 heterocycles. The van der Waals surface area contributed by atoms with Crippen LogP contribution in [0.3, 0.4) is 0 Å². The number of aromatic nitrogens is 5. The van der Waals surface area contributed by atoms with E-state index in [2.05, 4.69) is 75.2 Å². The maximum atomic E-state index is 9.87. The molecule has 0 unspecified atom stereocenters. The summed E-state index contributed by atoms with van der Waals surface area (Å²) in [6.07, 6.45) is 15.4. The van der Waals surface area contributed by atoms with E-state index in [-0.39, 0.29) is 53.6 Å². The minimum absolute atomic E-state index is 0. The normalized spacial score (nSPS) is 13.6. The average Bonchev–Trinajstić information content (AvgIpc) is 4.18. The molecule has 22 heteroatoms. The number of halogens is 12. The fourth-order valence-electron chi connectivity index (χ4n) is 5.82. The van der Waals surface area contributed by atoms with Crippen LogP contribution in [0, 0.1) is 37.7 Å². The summed E-state index contributed by atoms with van der Waals surface area (Å²) in [5.74, 6) is 1.17. The van der Waals surface area contributed by atoms with Crippen molar-refractivity contribution in [2.75, 3.05) is 0 Å². The van der Waals surface area contributed by atoms with Crippen LogP contribution in [0.15, 0.2) is 207 Å². The van der Waals surface area contributed by atoms with E-state index in [4.69, 9.17) is 4.98 Å². The molecular formula is C51H38F12Fe2N5P2Ru. The van der Waals surface area contributed by atoms with Crippen molar-refractivity contribution < 1.29 is 104 Å². The monoisotopic (exact) mass is 1220 g/mol. The number of pyridine rings is 5. The van der Waals surface area contributed by atoms with Crippen LogP contribution in [-0.2, 0) is 53.6 Å². The van der Waals surface area contributed by atoms with E-state index in [1.54, 1.807) is 24.8 Å². The van der Waals surface area contributed by atoms with E-state index < -0.39 is 15.6 Å². The molecule has 5 aromatic heterocycles. The van der Waals surface area contributed by atoms with E-state index >= 15 is 0 Å². The van der Waals surface area contributed by atoms with E-state index in [1.807, 2.05) is 158 Å². The standard InChI is InChI=1S/C21H14N2.C20H14N3.2C5H5.2F6P.2Fe.Ru/c1-2-8-16(7-1)17-13-18(20-9-3-5-11-22-20)15-19(14-17)21-10-4-6-12-23-21;1-2-8-15(7-1)16-13-19(17-9-3-5-11-21-17)23-20(14-16)18-10-4-6-12-22-18;2*1-2-4-5-3-1;2*1-7(2,3,4,5)6;;;/h2*1-14H;2*1-5H;;;;;/q-2;5*-1;2*+2;+3.